The van der Waals surface area contributed by atoms with Gasteiger partial charge in [-0.2, -0.15) is 0 Å². The van der Waals surface area contributed by atoms with Gasteiger partial charge in [0.05, 0.1) is 0 Å². The summed E-state index contributed by atoms with van der Waals surface area (Å²) in [6.07, 6.45) is 3.86. The summed E-state index contributed by atoms with van der Waals surface area (Å²) in [5.74, 6) is 0. The number of ether oxygens (including phenoxy) is 1. The molecule has 2 heteroatoms. The molecule has 1 fully saturated rings. The van der Waals surface area contributed by atoms with Crippen LogP contribution in [0.3, 0.4) is 0 Å². The molecular formula is C8H17LiO. The fourth-order valence-corrected chi connectivity index (χ4v) is 0.510. The van der Waals surface area contributed by atoms with Gasteiger partial charge in [-0.1, -0.05) is 0 Å². The molecule has 0 bridgehead atoms. The molecule has 10 heavy (non-hydrogen) atoms. The van der Waals surface area contributed by atoms with Gasteiger partial charge in [0.1, 0.15) is 0 Å². The molecule has 1 unspecified atom stereocenters. The third-order valence-corrected chi connectivity index (χ3v) is 1.64. The van der Waals surface area contributed by atoms with Crippen molar-refractivity contribution in [1.82, 2.24) is 0 Å². The van der Waals surface area contributed by atoms with E-state index in [2.05, 4.69) is 31.6 Å². The Hall–Kier alpha value is 0.557. The van der Waals surface area contributed by atoms with Gasteiger partial charge in [-0.15, -0.1) is 0 Å². The molecule has 0 N–H and O–H groups in total. The first kappa shape index (κ1) is 10.6. The van der Waals surface area contributed by atoms with Crippen LogP contribution < -0.4 is 0 Å². The van der Waals surface area contributed by atoms with Crippen molar-refractivity contribution in [3.63, 3.8) is 0 Å². The van der Waals surface area contributed by atoms with Crippen LogP contribution in [0.1, 0.15) is 33.1 Å². The predicted molar refractivity (Wildman–Crippen MR) is 45.5 cm³/mol. The van der Waals surface area contributed by atoms with Gasteiger partial charge in [-0.3, -0.25) is 0 Å². The van der Waals surface area contributed by atoms with E-state index in [0.29, 0.717) is 0 Å². The minimum atomic E-state index is 0.884. The van der Waals surface area contributed by atoms with Crippen molar-refractivity contribution >= 4 is 17.7 Å². The molecular weight excluding hydrogens is 119 g/mol. The van der Waals surface area contributed by atoms with Gasteiger partial charge in [0.2, 0.25) is 0 Å². The second-order valence-corrected chi connectivity index (χ2v) is 3.12. The Balaban J connectivity index is 0.000000162. The molecule has 1 aliphatic rings. The first-order chi connectivity index (χ1) is 4.77. The predicted octanol–water partition coefficient (Wildman–Crippen LogP) is 2.17. The number of rotatable bonds is 1. The van der Waals surface area contributed by atoms with E-state index >= 15 is 0 Å². The maximum absolute atomic E-state index is 4.94. The van der Waals surface area contributed by atoms with Crippen molar-refractivity contribution in [3.8, 4) is 0 Å². The van der Waals surface area contributed by atoms with Crippen LogP contribution in [-0.4, -0.2) is 30.9 Å². The minimum absolute atomic E-state index is 0.884. The van der Waals surface area contributed by atoms with E-state index in [-0.39, 0.29) is 0 Å². The van der Waals surface area contributed by atoms with E-state index in [4.69, 9.17) is 4.74 Å². The zero-order valence-corrected chi connectivity index (χ0v) is 7.52. The van der Waals surface area contributed by atoms with E-state index in [9.17, 15) is 0 Å². The number of hydrogen-bond acceptors (Lipinski definition) is 1. The molecule has 0 spiro atoms. The van der Waals surface area contributed by atoms with E-state index in [1.165, 1.54) is 19.3 Å². The van der Waals surface area contributed by atoms with Crippen molar-refractivity contribution in [1.29, 1.82) is 0 Å². The average Bonchev–Trinajstić information content (AvgIpc) is 2.43. The van der Waals surface area contributed by atoms with Gasteiger partial charge in [-0.05, 0) is 12.8 Å². The first-order valence-corrected chi connectivity index (χ1v) is 4.35. The molecule has 0 amide bonds. The molecule has 1 nitrogen and oxygen atoms in total. The molecule has 1 aliphatic heterocycles. The maximum atomic E-state index is 4.94. The summed E-state index contributed by atoms with van der Waals surface area (Å²) in [5, 5.41) is 0. The quantitative estimate of drug-likeness (QED) is 0.502. The SMILES string of the molecule is C1CCOC1.[Li][CH](C)CC. The van der Waals surface area contributed by atoms with Crippen molar-refractivity contribution in [3.05, 3.63) is 0 Å². The standard InChI is InChI=1S/C4H8O.C4H9.Li/c1-2-4-5-3-1;1-3-4-2;/h1-4H2;3H,4H2,1-2H3;. The summed E-state index contributed by atoms with van der Waals surface area (Å²) in [7, 11) is 0. The van der Waals surface area contributed by atoms with Crippen LogP contribution >= 0.6 is 0 Å². The second-order valence-electron chi connectivity index (χ2n) is 3.12. The van der Waals surface area contributed by atoms with Gasteiger partial charge < -0.3 is 4.74 Å². The van der Waals surface area contributed by atoms with Crippen molar-refractivity contribution < 1.29 is 4.74 Å². The first-order valence-electron chi connectivity index (χ1n) is 4.35. The molecule has 0 aromatic rings. The molecule has 0 aromatic heterocycles. The Morgan fingerprint density at radius 1 is 1.40 bits per heavy atom. The van der Waals surface area contributed by atoms with Crippen LogP contribution in [0.4, 0.5) is 0 Å². The molecule has 1 saturated heterocycles. The third kappa shape index (κ3) is 8.56. The molecule has 0 radical (unpaired) electrons. The Morgan fingerprint density at radius 2 is 1.80 bits per heavy atom. The Morgan fingerprint density at radius 3 is 1.90 bits per heavy atom. The Bertz CT molecular complexity index is 52.7. The van der Waals surface area contributed by atoms with E-state index in [1.54, 1.807) is 0 Å². The van der Waals surface area contributed by atoms with Crippen LogP contribution in [0.5, 0.6) is 0 Å². The molecule has 0 aliphatic carbocycles. The summed E-state index contributed by atoms with van der Waals surface area (Å²) in [4.78, 5) is 0. The van der Waals surface area contributed by atoms with E-state index in [1.807, 2.05) is 0 Å². The second kappa shape index (κ2) is 7.66. The fourth-order valence-electron chi connectivity index (χ4n) is 0.510. The van der Waals surface area contributed by atoms with Gasteiger partial charge in [-0.25, -0.2) is 0 Å². The molecule has 1 atom stereocenters. The summed E-state index contributed by atoms with van der Waals surface area (Å²) in [6.45, 7) is 6.42. The average molecular weight is 136 g/mol. The molecule has 56 valence electrons. The van der Waals surface area contributed by atoms with Crippen LogP contribution in [0.2, 0.25) is 4.59 Å². The summed E-state index contributed by atoms with van der Waals surface area (Å²) in [5.41, 5.74) is 0. The van der Waals surface area contributed by atoms with Gasteiger partial charge in [0.15, 0.2) is 0 Å². The van der Waals surface area contributed by atoms with E-state index < -0.39 is 0 Å². The molecule has 1 heterocycles. The van der Waals surface area contributed by atoms with Crippen molar-refractivity contribution in [2.45, 2.75) is 37.7 Å². The van der Waals surface area contributed by atoms with E-state index in [0.717, 1.165) is 17.8 Å². The molecule has 0 aromatic carbocycles. The normalized spacial score (nSPS) is 19.6. The fraction of sp³-hybridized carbons (Fsp3) is 1.00. The van der Waals surface area contributed by atoms with Crippen LogP contribution in [0, 0.1) is 0 Å². The van der Waals surface area contributed by atoms with Crippen molar-refractivity contribution in [2.24, 2.45) is 0 Å². The van der Waals surface area contributed by atoms with Crippen molar-refractivity contribution in [2.75, 3.05) is 13.2 Å². The topological polar surface area (TPSA) is 9.23 Å². The third-order valence-electron chi connectivity index (χ3n) is 1.64. The van der Waals surface area contributed by atoms with Crippen LogP contribution in [-0.2, 0) is 4.74 Å². The Labute approximate surface area is 73.7 Å². The van der Waals surface area contributed by atoms with Crippen LogP contribution in [0.25, 0.3) is 0 Å². The Kier molecular flexibility index (Phi) is 8.09. The zero-order valence-electron chi connectivity index (χ0n) is 7.52. The zero-order chi connectivity index (χ0) is 7.82. The molecule has 1 rings (SSSR count). The van der Waals surface area contributed by atoms with Gasteiger partial charge in [0.25, 0.3) is 0 Å². The van der Waals surface area contributed by atoms with Gasteiger partial charge >= 0.3 is 42.6 Å². The van der Waals surface area contributed by atoms with Crippen LogP contribution in [0.15, 0.2) is 0 Å². The summed E-state index contributed by atoms with van der Waals surface area (Å²) in [6, 6.07) is 0. The number of hydrogen-bond donors (Lipinski definition) is 0. The van der Waals surface area contributed by atoms with Gasteiger partial charge in [0, 0.05) is 13.2 Å². The molecule has 0 saturated carbocycles. The summed E-state index contributed by atoms with van der Waals surface area (Å²) < 4.78 is 5.83. The monoisotopic (exact) mass is 136 g/mol. The summed E-state index contributed by atoms with van der Waals surface area (Å²) >= 11 is 2.22.